The van der Waals surface area contributed by atoms with Gasteiger partial charge < -0.3 is 10.6 Å². The molecule has 194 valence electrons. The lowest BCUT2D eigenvalue weighted by Gasteiger charge is -2.24. The molecule has 0 aliphatic heterocycles. The summed E-state index contributed by atoms with van der Waals surface area (Å²) in [6.45, 7) is 2.06. The summed E-state index contributed by atoms with van der Waals surface area (Å²) in [5, 5.41) is 7.02. The average molecular weight is 553 g/mol. The first-order valence-electron chi connectivity index (χ1n) is 10.9. The largest absolute Gasteiger partial charge is 0.418 e. The molecule has 3 N–H and O–H groups in total. The molecule has 3 rings (SSSR count). The molecule has 0 aliphatic carbocycles. The predicted molar refractivity (Wildman–Crippen MR) is 137 cm³/mol. The van der Waals surface area contributed by atoms with E-state index in [9.17, 15) is 27.6 Å². The molecule has 0 heterocycles. The Labute approximate surface area is 220 Å². The third-order valence-corrected chi connectivity index (χ3v) is 5.58. The van der Waals surface area contributed by atoms with Crippen LogP contribution in [-0.4, -0.2) is 24.5 Å². The number of nitrogens with one attached hydrogen (secondary N) is 3. The van der Waals surface area contributed by atoms with Crippen LogP contribution >= 0.6 is 23.2 Å². The molecule has 0 spiro atoms. The number of halogens is 5. The molecule has 3 aromatic rings. The number of amides is 5. The van der Waals surface area contributed by atoms with Crippen molar-refractivity contribution in [2.45, 2.75) is 19.5 Å². The summed E-state index contributed by atoms with van der Waals surface area (Å²) in [7, 11) is 0. The Bertz CT molecular complexity index is 1300. The fourth-order valence-electron chi connectivity index (χ4n) is 3.32. The highest BCUT2D eigenvalue weighted by atomic mass is 35.5. The van der Waals surface area contributed by atoms with Gasteiger partial charge in [0.2, 0.25) is 0 Å². The lowest BCUT2D eigenvalue weighted by atomic mass is 10.1. The fraction of sp³-hybridized carbons (Fsp3) is 0.160. The van der Waals surface area contributed by atoms with Crippen molar-refractivity contribution < 1.29 is 27.6 Å². The lowest BCUT2D eigenvalue weighted by Crippen LogP contribution is -2.36. The van der Waals surface area contributed by atoms with Crippen LogP contribution < -0.4 is 20.9 Å². The van der Waals surface area contributed by atoms with Crippen molar-refractivity contribution in [3.8, 4) is 0 Å². The number of nitrogens with zero attached hydrogens (tertiary/aromatic N) is 1. The van der Waals surface area contributed by atoms with Gasteiger partial charge >= 0.3 is 18.2 Å². The Morgan fingerprint density at radius 1 is 0.919 bits per heavy atom. The molecular weight excluding hydrogens is 532 g/mol. The van der Waals surface area contributed by atoms with E-state index in [1.54, 1.807) is 30.3 Å². The van der Waals surface area contributed by atoms with Gasteiger partial charge in [-0.2, -0.15) is 13.2 Å². The van der Waals surface area contributed by atoms with Crippen LogP contribution in [0.5, 0.6) is 0 Å². The number of hydrogen-bond donors (Lipinski definition) is 3. The molecule has 7 nitrogen and oxygen atoms in total. The SMILES string of the molecule is CCCN(C(=O)Nc1ccc(NC(=O)NC(=O)c2ccccc2Cl)cc1C(F)(F)F)c1ccc(Cl)cc1. The summed E-state index contributed by atoms with van der Waals surface area (Å²) in [6, 6.07) is 13.2. The van der Waals surface area contributed by atoms with Gasteiger partial charge in [-0.1, -0.05) is 42.3 Å². The van der Waals surface area contributed by atoms with Crippen LogP contribution in [0.1, 0.15) is 29.3 Å². The molecule has 5 amide bonds. The Morgan fingerprint density at radius 3 is 2.22 bits per heavy atom. The van der Waals surface area contributed by atoms with Gasteiger partial charge in [-0.05, 0) is 61.0 Å². The number of anilines is 3. The highest BCUT2D eigenvalue weighted by Gasteiger charge is 2.35. The summed E-state index contributed by atoms with van der Waals surface area (Å²) in [5.74, 6) is -0.832. The van der Waals surface area contributed by atoms with E-state index in [-0.39, 0.29) is 22.8 Å². The van der Waals surface area contributed by atoms with E-state index in [0.717, 1.165) is 12.1 Å². The van der Waals surface area contributed by atoms with Crippen LogP contribution in [-0.2, 0) is 6.18 Å². The minimum absolute atomic E-state index is 0.0191. The average Bonchev–Trinajstić information content (AvgIpc) is 2.83. The van der Waals surface area contributed by atoms with Gasteiger partial charge in [0.25, 0.3) is 5.91 Å². The van der Waals surface area contributed by atoms with Crippen LogP contribution in [0, 0.1) is 0 Å². The highest BCUT2D eigenvalue weighted by Crippen LogP contribution is 2.37. The predicted octanol–water partition coefficient (Wildman–Crippen LogP) is 7.42. The first-order valence-corrected chi connectivity index (χ1v) is 11.7. The third kappa shape index (κ3) is 7.37. The molecule has 0 aromatic heterocycles. The minimum Gasteiger partial charge on any atom is -0.308 e. The quantitative estimate of drug-likeness (QED) is 0.297. The maximum Gasteiger partial charge on any atom is 0.418 e. The smallest absolute Gasteiger partial charge is 0.308 e. The maximum atomic E-state index is 13.8. The van der Waals surface area contributed by atoms with Gasteiger partial charge in [-0.3, -0.25) is 15.0 Å². The molecule has 0 bridgehead atoms. The zero-order chi connectivity index (χ0) is 27.2. The van der Waals surface area contributed by atoms with E-state index < -0.39 is 35.4 Å². The summed E-state index contributed by atoms with van der Waals surface area (Å²) in [5.41, 5.74) is -1.48. The topological polar surface area (TPSA) is 90.5 Å². The van der Waals surface area contributed by atoms with E-state index in [0.29, 0.717) is 23.2 Å². The second-order valence-electron chi connectivity index (χ2n) is 7.70. The van der Waals surface area contributed by atoms with Crippen molar-refractivity contribution in [3.05, 3.63) is 87.9 Å². The minimum atomic E-state index is -4.86. The Morgan fingerprint density at radius 2 is 1.59 bits per heavy atom. The van der Waals surface area contributed by atoms with E-state index in [1.165, 1.54) is 23.1 Å². The Hall–Kier alpha value is -3.76. The van der Waals surface area contributed by atoms with E-state index in [2.05, 4.69) is 10.6 Å². The number of benzene rings is 3. The van der Waals surface area contributed by atoms with Gasteiger partial charge in [-0.25, -0.2) is 9.59 Å². The number of carbonyl (C=O) groups excluding carboxylic acids is 3. The molecule has 0 atom stereocenters. The lowest BCUT2D eigenvalue weighted by molar-refractivity contribution is -0.136. The van der Waals surface area contributed by atoms with E-state index in [1.807, 2.05) is 12.2 Å². The zero-order valence-electron chi connectivity index (χ0n) is 19.3. The first-order chi connectivity index (χ1) is 17.5. The van der Waals surface area contributed by atoms with Crippen LogP contribution in [0.3, 0.4) is 0 Å². The second kappa shape index (κ2) is 12.0. The standard InChI is InChI=1S/C25H21Cl2F3N4O3/c1-2-13-34(17-10-7-15(26)8-11-17)24(37)32-21-12-9-16(14-19(21)25(28,29)30)31-23(36)33-22(35)18-5-3-4-6-20(18)27/h3-12,14H,2,13H2,1H3,(H,32,37)(H2,31,33,35,36). The third-order valence-electron chi connectivity index (χ3n) is 5.00. The molecule has 0 radical (unpaired) electrons. The number of carbonyl (C=O) groups is 3. The summed E-state index contributed by atoms with van der Waals surface area (Å²) >= 11 is 11.8. The Kier molecular flexibility index (Phi) is 9.01. The van der Waals surface area contributed by atoms with Crippen molar-refractivity contribution in [2.24, 2.45) is 0 Å². The summed E-state index contributed by atoms with van der Waals surface area (Å²) in [6.07, 6.45) is -4.31. The van der Waals surface area contributed by atoms with Crippen molar-refractivity contribution >= 4 is 58.2 Å². The number of urea groups is 2. The first kappa shape index (κ1) is 27.8. The van der Waals surface area contributed by atoms with Crippen molar-refractivity contribution in [2.75, 3.05) is 22.1 Å². The van der Waals surface area contributed by atoms with Crippen molar-refractivity contribution in [1.82, 2.24) is 5.32 Å². The van der Waals surface area contributed by atoms with Crippen molar-refractivity contribution in [1.29, 1.82) is 0 Å². The molecule has 12 heteroatoms. The molecule has 3 aromatic carbocycles. The number of imide groups is 1. The summed E-state index contributed by atoms with van der Waals surface area (Å²) < 4.78 is 41.5. The van der Waals surface area contributed by atoms with Crippen molar-refractivity contribution in [3.63, 3.8) is 0 Å². The molecule has 37 heavy (non-hydrogen) atoms. The molecule has 0 saturated heterocycles. The zero-order valence-corrected chi connectivity index (χ0v) is 20.8. The van der Waals surface area contributed by atoms with Gasteiger partial charge in [0.1, 0.15) is 0 Å². The fourth-order valence-corrected chi connectivity index (χ4v) is 3.67. The van der Waals surface area contributed by atoms with E-state index in [4.69, 9.17) is 23.2 Å². The van der Waals surface area contributed by atoms with E-state index >= 15 is 0 Å². The van der Waals surface area contributed by atoms with Crippen LogP contribution in [0.2, 0.25) is 10.0 Å². The highest BCUT2D eigenvalue weighted by molar-refractivity contribution is 6.34. The van der Waals surface area contributed by atoms with Gasteiger partial charge in [0.15, 0.2) is 0 Å². The number of rotatable bonds is 6. The van der Waals surface area contributed by atoms with Gasteiger partial charge in [-0.15, -0.1) is 0 Å². The van der Waals surface area contributed by atoms with Crippen LogP contribution in [0.25, 0.3) is 0 Å². The molecule has 0 unspecified atom stereocenters. The number of alkyl halides is 3. The molecule has 0 aliphatic rings. The Balaban J connectivity index is 1.79. The van der Waals surface area contributed by atoms with Gasteiger partial charge in [0, 0.05) is 22.9 Å². The van der Waals surface area contributed by atoms with Crippen LogP contribution in [0.4, 0.5) is 39.8 Å². The second-order valence-corrected chi connectivity index (χ2v) is 8.55. The monoisotopic (exact) mass is 552 g/mol. The molecule has 0 fully saturated rings. The molecular formula is C25H21Cl2F3N4O3. The maximum absolute atomic E-state index is 13.8. The van der Waals surface area contributed by atoms with Crippen LogP contribution in [0.15, 0.2) is 66.7 Å². The summed E-state index contributed by atoms with van der Waals surface area (Å²) in [4.78, 5) is 38.6. The normalized spacial score (nSPS) is 11.0. The molecule has 0 saturated carbocycles. The number of hydrogen-bond acceptors (Lipinski definition) is 3. The van der Waals surface area contributed by atoms with Gasteiger partial charge in [0.05, 0.1) is 21.8 Å².